The summed E-state index contributed by atoms with van der Waals surface area (Å²) >= 11 is 0. The van der Waals surface area contributed by atoms with E-state index in [0.29, 0.717) is 24.4 Å². The van der Waals surface area contributed by atoms with Gasteiger partial charge in [-0.2, -0.15) is 0 Å². The monoisotopic (exact) mass is 368 g/mol. The molecule has 1 aromatic heterocycles. The Bertz CT molecular complexity index is 787. The molecule has 27 heavy (non-hydrogen) atoms. The first-order valence-electron chi connectivity index (χ1n) is 8.93. The SMILES string of the molecule is CN(C)C(=O)COc1cccc(C(=O)N2CCN(c3ccccn3)CC2)c1. The van der Waals surface area contributed by atoms with E-state index in [4.69, 9.17) is 4.74 Å². The van der Waals surface area contributed by atoms with Crippen molar-refractivity contribution in [2.24, 2.45) is 0 Å². The second-order valence-corrected chi connectivity index (χ2v) is 6.57. The molecule has 1 saturated heterocycles. The predicted molar refractivity (Wildman–Crippen MR) is 103 cm³/mol. The maximum absolute atomic E-state index is 12.8. The van der Waals surface area contributed by atoms with Crippen molar-refractivity contribution < 1.29 is 14.3 Å². The topological polar surface area (TPSA) is 66.0 Å². The van der Waals surface area contributed by atoms with Crippen molar-refractivity contribution in [1.29, 1.82) is 0 Å². The lowest BCUT2D eigenvalue weighted by Crippen LogP contribution is -2.49. The summed E-state index contributed by atoms with van der Waals surface area (Å²) in [6.45, 7) is 2.72. The molecule has 0 N–H and O–H groups in total. The molecule has 1 fully saturated rings. The Balaban J connectivity index is 1.58. The molecule has 3 rings (SSSR count). The third kappa shape index (κ3) is 4.75. The molecule has 0 aliphatic carbocycles. The van der Waals surface area contributed by atoms with E-state index in [1.165, 1.54) is 4.90 Å². The molecule has 7 nitrogen and oxygen atoms in total. The van der Waals surface area contributed by atoms with E-state index >= 15 is 0 Å². The molecule has 0 radical (unpaired) electrons. The number of benzene rings is 1. The smallest absolute Gasteiger partial charge is 0.259 e. The van der Waals surface area contributed by atoms with Crippen LogP contribution in [-0.2, 0) is 4.79 Å². The molecular weight excluding hydrogens is 344 g/mol. The van der Waals surface area contributed by atoms with Crippen LogP contribution in [-0.4, -0.2) is 73.5 Å². The zero-order chi connectivity index (χ0) is 19.2. The second-order valence-electron chi connectivity index (χ2n) is 6.57. The van der Waals surface area contributed by atoms with Crippen LogP contribution in [0.2, 0.25) is 0 Å². The minimum absolute atomic E-state index is 0.0277. The zero-order valence-electron chi connectivity index (χ0n) is 15.7. The Morgan fingerprint density at radius 1 is 1.07 bits per heavy atom. The summed E-state index contributed by atoms with van der Waals surface area (Å²) in [6.07, 6.45) is 1.78. The fourth-order valence-electron chi connectivity index (χ4n) is 2.86. The molecule has 0 saturated carbocycles. The van der Waals surface area contributed by atoms with Crippen LogP contribution in [0.15, 0.2) is 48.7 Å². The zero-order valence-corrected chi connectivity index (χ0v) is 15.7. The van der Waals surface area contributed by atoms with Gasteiger partial charge < -0.3 is 19.4 Å². The van der Waals surface area contributed by atoms with Crippen molar-refractivity contribution in [3.63, 3.8) is 0 Å². The summed E-state index contributed by atoms with van der Waals surface area (Å²) in [5, 5.41) is 0. The standard InChI is InChI=1S/C20H24N4O3/c1-22(2)19(25)15-27-17-7-5-6-16(14-17)20(26)24-12-10-23(11-13-24)18-8-3-4-9-21-18/h3-9,14H,10-13,15H2,1-2H3. The maximum Gasteiger partial charge on any atom is 0.259 e. The van der Waals surface area contributed by atoms with Crippen LogP contribution >= 0.6 is 0 Å². The lowest BCUT2D eigenvalue weighted by Gasteiger charge is -2.35. The number of likely N-dealkylation sites (N-methyl/N-ethyl adjacent to an activating group) is 1. The molecule has 1 aliphatic heterocycles. The number of anilines is 1. The number of hydrogen-bond acceptors (Lipinski definition) is 5. The van der Waals surface area contributed by atoms with Crippen LogP contribution in [0.5, 0.6) is 5.75 Å². The lowest BCUT2D eigenvalue weighted by molar-refractivity contribution is -0.130. The number of nitrogens with zero attached hydrogens (tertiary/aromatic N) is 4. The van der Waals surface area contributed by atoms with E-state index < -0.39 is 0 Å². The third-order valence-corrected chi connectivity index (χ3v) is 4.48. The van der Waals surface area contributed by atoms with Gasteiger partial charge in [0.2, 0.25) is 0 Å². The van der Waals surface area contributed by atoms with Gasteiger partial charge in [-0.15, -0.1) is 0 Å². The Kier molecular flexibility index (Phi) is 5.90. The fraction of sp³-hybridized carbons (Fsp3) is 0.350. The van der Waals surface area contributed by atoms with Gasteiger partial charge in [-0.1, -0.05) is 12.1 Å². The van der Waals surface area contributed by atoms with Gasteiger partial charge in [0, 0.05) is 52.0 Å². The molecule has 1 aliphatic rings. The van der Waals surface area contributed by atoms with Crippen molar-refractivity contribution >= 4 is 17.6 Å². The molecule has 2 heterocycles. The minimum Gasteiger partial charge on any atom is -0.484 e. The molecule has 2 aromatic rings. The Labute approximate surface area is 159 Å². The van der Waals surface area contributed by atoms with Gasteiger partial charge in [-0.25, -0.2) is 4.98 Å². The van der Waals surface area contributed by atoms with Gasteiger partial charge in [-0.3, -0.25) is 9.59 Å². The van der Waals surface area contributed by atoms with Crippen LogP contribution in [0.1, 0.15) is 10.4 Å². The highest BCUT2D eigenvalue weighted by Gasteiger charge is 2.23. The number of carbonyl (C=O) groups excluding carboxylic acids is 2. The number of ether oxygens (including phenoxy) is 1. The summed E-state index contributed by atoms with van der Waals surface area (Å²) in [5.74, 6) is 1.30. The first kappa shape index (κ1) is 18.7. The Morgan fingerprint density at radius 3 is 2.52 bits per heavy atom. The first-order valence-corrected chi connectivity index (χ1v) is 8.93. The number of amides is 2. The highest BCUT2D eigenvalue weighted by molar-refractivity contribution is 5.94. The van der Waals surface area contributed by atoms with Crippen molar-refractivity contribution in [3.05, 3.63) is 54.2 Å². The number of rotatable bonds is 5. The van der Waals surface area contributed by atoms with Crippen LogP contribution < -0.4 is 9.64 Å². The summed E-state index contributed by atoms with van der Waals surface area (Å²) in [5.41, 5.74) is 0.566. The van der Waals surface area contributed by atoms with E-state index in [2.05, 4.69) is 9.88 Å². The summed E-state index contributed by atoms with van der Waals surface area (Å²) in [7, 11) is 3.35. The fourth-order valence-corrected chi connectivity index (χ4v) is 2.86. The molecule has 7 heteroatoms. The third-order valence-electron chi connectivity index (χ3n) is 4.48. The van der Waals surface area contributed by atoms with Crippen molar-refractivity contribution in [2.75, 3.05) is 51.8 Å². The number of carbonyl (C=O) groups is 2. The highest BCUT2D eigenvalue weighted by atomic mass is 16.5. The van der Waals surface area contributed by atoms with Gasteiger partial charge in [0.15, 0.2) is 6.61 Å². The molecule has 0 bridgehead atoms. The van der Waals surface area contributed by atoms with Gasteiger partial charge in [-0.05, 0) is 30.3 Å². The lowest BCUT2D eigenvalue weighted by atomic mass is 10.1. The highest BCUT2D eigenvalue weighted by Crippen LogP contribution is 2.18. The number of hydrogen-bond donors (Lipinski definition) is 0. The van der Waals surface area contributed by atoms with Gasteiger partial charge >= 0.3 is 0 Å². The van der Waals surface area contributed by atoms with Crippen LogP contribution in [0.25, 0.3) is 0 Å². The van der Waals surface area contributed by atoms with Crippen LogP contribution in [0, 0.1) is 0 Å². The van der Waals surface area contributed by atoms with E-state index in [-0.39, 0.29) is 18.4 Å². The molecule has 1 aromatic carbocycles. The van der Waals surface area contributed by atoms with E-state index in [0.717, 1.165) is 18.9 Å². The van der Waals surface area contributed by atoms with Crippen molar-refractivity contribution in [3.8, 4) is 5.75 Å². The van der Waals surface area contributed by atoms with E-state index in [9.17, 15) is 9.59 Å². The quantitative estimate of drug-likeness (QED) is 0.800. The average molecular weight is 368 g/mol. The van der Waals surface area contributed by atoms with Crippen LogP contribution in [0.4, 0.5) is 5.82 Å². The van der Waals surface area contributed by atoms with E-state index in [1.54, 1.807) is 44.6 Å². The van der Waals surface area contributed by atoms with E-state index in [1.807, 2.05) is 23.1 Å². The number of pyridine rings is 1. The number of aromatic nitrogens is 1. The van der Waals surface area contributed by atoms with Crippen LogP contribution in [0.3, 0.4) is 0 Å². The second kappa shape index (κ2) is 8.53. The normalized spacial score (nSPS) is 14.0. The maximum atomic E-state index is 12.8. The van der Waals surface area contributed by atoms with Crippen molar-refractivity contribution in [2.45, 2.75) is 0 Å². The van der Waals surface area contributed by atoms with Crippen molar-refractivity contribution in [1.82, 2.24) is 14.8 Å². The van der Waals surface area contributed by atoms with Gasteiger partial charge in [0.25, 0.3) is 11.8 Å². The molecule has 142 valence electrons. The minimum atomic E-state index is -0.127. The molecule has 2 amide bonds. The summed E-state index contributed by atoms with van der Waals surface area (Å²) in [4.78, 5) is 34.3. The largest absolute Gasteiger partial charge is 0.484 e. The van der Waals surface area contributed by atoms with Gasteiger partial charge in [0.05, 0.1) is 0 Å². The summed E-state index contributed by atoms with van der Waals surface area (Å²) < 4.78 is 5.50. The molecule has 0 atom stereocenters. The predicted octanol–water partition coefficient (Wildman–Crippen LogP) is 1.51. The van der Waals surface area contributed by atoms with Gasteiger partial charge in [0.1, 0.15) is 11.6 Å². The number of piperazine rings is 1. The molecular formula is C20H24N4O3. The summed E-state index contributed by atoms with van der Waals surface area (Å²) in [6, 6.07) is 12.8. The first-order chi connectivity index (χ1) is 13.0. The average Bonchev–Trinajstić information content (AvgIpc) is 2.72. The molecule has 0 unspecified atom stereocenters. The Hall–Kier alpha value is -3.09. The Morgan fingerprint density at radius 2 is 1.85 bits per heavy atom. The molecule has 0 spiro atoms.